The Bertz CT molecular complexity index is 304. The zero-order chi connectivity index (χ0) is 14.4. The molecule has 2 rings (SSSR count). The fraction of sp³-hybridized carbons (Fsp3) is 0.933. The lowest BCUT2D eigenvalue weighted by atomic mass is 9.93. The van der Waals surface area contributed by atoms with Gasteiger partial charge in [0.2, 0.25) is 0 Å². The quantitative estimate of drug-likeness (QED) is 0.748. The normalized spacial score (nSPS) is 34.5. The highest BCUT2D eigenvalue weighted by atomic mass is 32.2. The average Bonchev–Trinajstić information content (AvgIpc) is 2.42. The Morgan fingerprint density at radius 3 is 2.50 bits per heavy atom. The van der Waals surface area contributed by atoms with Crippen LogP contribution in [0.1, 0.15) is 58.3 Å². The van der Waals surface area contributed by atoms with Crippen LogP contribution in [0.25, 0.3) is 0 Å². The molecule has 0 bridgehead atoms. The number of rotatable bonds is 4. The molecule has 0 aromatic carbocycles. The van der Waals surface area contributed by atoms with Gasteiger partial charge in [-0.2, -0.15) is 11.8 Å². The molecule has 4 nitrogen and oxygen atoms in total. The molecule has 0 radical (unpaired) electrons. The molecule has 3 N–H and O–H groups in total. The van der Waals surface area contributed by atoms with Gasteiger partial charge in [0.05, 0.1) is 6.10 Å². The standard InChI is InChI=1S/C15H28N2O2S/c1-2-20-14-5-3-4-12(10-14)17-15(19)16-11-6-8-13(18)9-7-11/h11-14,18H,2-10H2,1H3,(H2,16,17,19)/t11?,12-,13?,14-/m0/s1. The van der Waals surface area contributed by atoms with E-state index < -0.39 is 0 Å². The molecule has 2 amide bonds. The Morgan fingerprint density at radius 1 is 1.10 bits per heavy atom. The summed E-state index contributed by atoms with van der Waals surface area (Å²) >= 11 is 2.02. The summed E-state index contributed by atoms with van der Waals surface area (Å²) in [4.78, 5) is 12.0. The van der Waals surface area contributed by atoms with E-state index in [0.29, 0.717) is 11.3 Å². The minimum absolute atomic E-state index is 0.0152. The zero-order valence-corrected chi connectivity index (χ0v) is 13.3. The maximum Gasteiger partial charge on any atom is 0.315 e. The van der Waals surface area contributed by atoms with Crippen molar-refractivity contribution in [3.05, 3.63) is 0 Å². The Morgan fingerprint density at radius 2 is 1.80 bits per heavy atom. The van der Waals surface area contributed by atoms with Crippen LogP contribution in [-0.2, 0) is 0 Å². The largest absolute Gasteiger partial charge is 0.393 e. The molecule has 2 saturated carbocycles. The van der Waals surface area contributed by atoms with E-state index >= 15 is 0 Å². The van der Waals surface area contributed by atoms with Gasteiger partial charge in [-0.1, -0.05) is 13.3 Å². The summed E-state index contributed by atoms with van der Waals surface area (Å²) in [5.41, 5.74) is 0. The minimum Gasteiger partial charge on any atom is -0.393 e. The van der Waals surface area contributed by atoms with E-state index in [2.05, 4.69) is 17.6 Å². The number of aliphatic hydroxyl groups is 1. The summed E-state index contributed by atoms with van der Waals surface area (Å²) < 4.78 is 0. The number of amides is 2. The summed E-state index contributed by atoms with van der Waals surface area (Å²) in [6, 6.07) is 0.559. The van der Waals surface area contributed by atoms with Crippen LogP contribution in [0.2, 0.25) is 0 Å². The first kappa shape index (κ1) is 16.0. The van der Waals surface area contributed by atoms with E-state index in [1.807, 2.05) is 11.8 Å². The van der Waals surface area contributed by atoms with E-state index in [4.69, 9.17) is 0 Å². The third-order valence-corrected chi connectivity index (χ3v) is 5.63. The van der Waals surface area contributed by atoms with Gasteiger partial charge in [-0.3, -0.25) is 0 Å². The molecule has 0 unspecified atom stereocenters. The van der Waals surface area contributed by atoms with Crippen molar-refractivity contribution in [1.29, 1.82) is 0 Å². The third-order valence-electron chi connectivity index (χ3n) is 4.40. The van der Waals surface area contributed by atoms with Gasteiger partial charge in [0.1, 0.15) is 0 Å². The van der Waals surface area contributed by atoms with E-state index in [9.17, 15) is 9.90 Å². The van der Waals surface area contributed by atoms with Crippen LogP contribution < -0.4 is 10.6 Å². The van der Waals surface area contributed by atoms with Crippen molar-refractivity contribution in [1.82, 2.24) is 10.6 Å². The summed E-state index contributed by atoms with van der Waals surface area (Å²) in [5, 5.41) is 16.4. The summed E-state index contributed by atoms with van der Waals surface area (Å²) in [7, 11) is 0. The molecule has 2 atom stereocenters. The van der Waals surface area contributed by atoms with Crippen LogP contribution in [0.3, 0.4) is 0 Å². The molecule has 5 heteroatoms. The number of nitrogens with one attached hydrogen (secondary N) is 2. The summed E-state index contributed by atoms with van der Waals surface area (Å²) in [5.74, 6) is 1.16. The molecule has 0 aromatic heterocycles. The highest BCUT2D eigenvalue weighted by Crippen LogP contribution is 2.28. The van der Waals surface area contributed by atoms with Crippen molar-refractivity contribution in [3.8, 4) is 0 Å². The van der Waals surface area contributed by atoms with Gasteiger partial charge < -0.3 is 15.7 Å². The van der Waals surface area contributed by atoms with Crippen LogP contribution >= 0.6 is 11.8 Å². The third kappa shape index (κ3) is 5.17. The van der Waals surface area contributed by atoms with Gasteiger partial charge >= 0.3 is 6.03 Å². The Labute approximate surface area is 126 Å². The minimum atomic E-state index is -0.165. The molecule has 0 aliphatic heterocycles. The highest BCUT2D eigenvalue weighted by Gasteiger charge is 2.25. The van der Waals surface area contributed by atoms with Crippen molar-refractivity contribution in [2.24, 2.45) is 0 Å². The maximum atomic E-state index is 12.0. The molecule has 2 aliphatic rings. The SMILES string of the molecule is CCS[C@H]1CCC[C@H](NC(=O)NC2CCC(O)CC2)C1. The molecule has 2 fully saturated rings. The number of carbonyl (C=O) groups excluding carboxylic acids is 1. The zero-order valence-electron chi connectivity index (χ0n) is 12.4. The Hall–Kier alpha value is -0.420. The fourth-order valence-electron chi connectivity index (χ4n) is 3.30. The topological polar surface area (TPSA) is 61.4 Å². The van der Waals surface area contributed by atoms with E-state index in [1.165, 1.54) is 12.8 Å². The predicted octanol–water partition coefficient (Wildman–Crippen LogP) is 2.65. The van der Waals surface area contributed by atoms with Gasteiger partial charge in [0.15, 0.2) is 0 Å². The average molecular weight is 300 g/mol. The second-order valence-corrected chi connectivity index (χ2v) is 7.64. The van der Waals surface area contributed by atoms with Crippen molar-refractivity contribution >= 4 is 17.8 Å². The second-order valence-electron chi connectivity index (χ2n) is 6.06. The molecule has 2 aliphatic carbocycles. The summed E-state index contributed by atoms with van der Waals surface area (Å²) in [6.07, 6.45) is 7.97. The first-order valence-electron chi connectivity index (χ1n) is 8.04. The predicted molar refractivity (Wildman–Crippen MR) is 84.1 cm³/mol. The Kier molecular flexibility index (Phi) is 6.49. The first-order chi connectivity index (χ1) is 9.67. The van der Waals surface area contributed by atoms with Crippen LogP contribution in [0.4, 0.5) is 4.79 Å². The van der Waals surface area contributed by atoms with Crippen molar-refractivity contribution < 1.29 is 9.90 Å². The van der Waals surface area contributed by atoms with E-state index in [0.717, 1.165) is 44.3 Å². The number of carbonyl (C=O) groups is 1. The van der Waals surface area contributed by atoms with Crippen LogP contribution in [0.5, 0.6) is 0 Å². The number of hydrogen-bond acceptors (Lipinski definition) is 3. The van der Waals surface area contributed by atoms with Crippen molar-refractivity contribution in [2.75, 3.05) is 5.75 Å². The van der Waals surface area contributed by atoms with Crippen LogP contribution in [-0.4, -0.2) is 40.3 Å². The van der Waals surface area contributed by atoms with E-state index in [1.54, 1.807) is 0 Å². The van der Waals surface area contributed by atoms with Crippen LogP contribution in [0.15, 0.2) is 0 Å². The smallest absolute Gasteiger partial charge is 0.315 e. The fourth-order valence-corrected chi connectivity index (χ4v) is 4.47. The number of hydrogen-bond donors (Lipinski definition) is 3. The van der Waals surface area contributed by atoms with Gasteiger partial charge in [0.25, 0.3) is 0 Å². The monoisotopic (exact) mass is 300 g/mol. The van der Waals surface area contributed by atoms with Crippen LogP contribution in [0, 0.1) is 0 Å². The summed E-state index contributed by atoms with van der Waals surface area (Å²) in [6.45, 7) is 2.20. The first-order valence-corrected chi connectivity index (χ1v) is 9.09. The van der Waals surface area contributed by atoms with Gasteiger partial charge in [0, 0.05) is 17.3 Å². The number of thioether (sulfide) groups is 1. The highest BCUT2D eigenvalue weighted by molar-refractivity contribution is 7.99. The molecule has 0 aromatic rings. The second kappa shape index (κ2) is 8.13. The Balaban J connectivity index is 1.68. The van der Waals surface area contributed by atoms with E-state index in [-0.39, 0.29) is 18.2 Å². The lowest BCUT2D eigenvalue weighted by Gasteiger charge is -2.31. The lowest BCUT2D eigenvalue weighted by molar-refractivity contribution is 0.117. The van der Waals surface area contributed by atoms with Gasteiger partial charge in [-0.25, -0.2) is 4.79 Å². The van der Waals surface area contributed by atoms with Gasteiger partial charge in [-0.15, -0.1) is 0 Å². The molecule has 0 saturated heterocycles. The number of aliphatic hydroxyl groups excluding tert-OH is 1. The molecular weight excluding hydrogens is 272 g/mol. The van der Waals surface area contributed by atoms with Crippen molar-refractivity contribution in [3.63, 3.8) is 0 Å². The molecule has 0 heterocycles. The maximum absolute atomic E-state index is 12.0. The molecule has 116 valence electrons. The molecule has 20 heavy (non-hydrogen) atoms. The molecule has 0 spiro atoms. The molecular formula is C15H28N2O2S. The van der Waals surface area contributed by atoms with Crippen molar-refractivity contribution in [2.45, 2.75) is 81.7 Å². The number of urea groups is 1. The van der Waals surface area contributed by atoms with Gasteiger partial charge in [-0.05, 0) is 50.7 Å². The lowest BCUT2D eigenvalue weighted by Crippen LogP contribution is -2.48.